The van der Waals surface area contributed by atoms with Crippen molar-refractivity contribution in [1.82, 2.24) is 4.98 Å². The smallest absolute Gasteiger partial charge is 0.185 e. The highest BCUT2D eigenvalue weighted by molar-refractivity contribution is 7.16. The Morgan fingerprint density at radius 3 is 2.80 bits per heavy atom. The molecule has 0 aliphatic carbocycles. The summed E-state index contributed by atoms with van der Waals surface area (Å²) in [5.41, 5.74) is 5.86. The first kappa shape index (κ1) is 12.2. The van der Waals surface area contributed by atoms with Gasteiger partial charge in [-0.1, -0.05) is 36.8 Å². The maximum Gasteiger partial charge on any atom is 0.185 e. The third-order valence-corrected chi connectivity index (χ3v) is 3.34. The number of halogens is 1. The second-order valence-electron chi connectivity index (χ2n) is 3.54. The van der Waals surface area contributed by atoms with Crippen LogP contribution in [0, 0.1) is 17.2 Å². The molecule has 0 spiro atoms. The highest BCUT2D eigenvalue weighted by Gasteiger charge is 2.11. The molecule has 6 heteroatoms. The van der Waals surface area contributed by atoms with Crippen molar-refractivity contribution in [2.75, 3.05) is 11.9 Å². The van der Waals surface area contributed by atoms with Crippen LogP contribution in [-0.4, -0.2) is 17.6 Å². The molecule has 82 valence electrons. The van der Waals surface area contributed by atoms with Gasteiger partial charge >= 0.3 is 0 Å². The number of hydrogen-bond donors (Lipinski definition) is 2. The monoisotopic (exact) mass is 244 g/mol. The van der Waals surface area contributed by atoms with Crippen LogP contribution in [0.5, 0.6) is 0 Å². The van der Waals surface area contributed by atoms with Gasteiger partial charge in [0, 0.05) is 12.6 Å². The van der Waals surface area contributed by atoms with Gasteiger partial charge in [-0.25, -0.2) is 4.98 Å². The summed E-state index contributed by atoms with van der Waals surface area (Å²) in [5, 5.41) is 12.6. The van der Waals surface area contributed by atoms with Crippen LogP contribution >= 0.6 is 22.9 Å². The molecule has 0 aliphatic heterocycles. The zero-order valence-corrected chi connectivity index (χ0v) is 10.2. The van der Waals surface area contributed by atoms with E-state index in [1.54, 1.807) is 0 Å². The predicted molar refractivity (Wildman–Crippen MR) is 63.1 cm³/mol. The molecule has 1 aromatic rings. The van der Waals surface area contributed by atoms with Gasteiger partial charge in [0.2, 0.25) is 0 Å². The Labute approximate surface area is 98.1 Å². The fraction of sp³-hybridized carbons (Fsp3) is 0.556. The summed E-state index contributed by atoms with van der Waals surface area (Å²) in [6.45, 7) is 4.75. The van der Waals surface area contributed by atoms with E-state index in [9.17, 15) is 0 Å². The zero-order valence-electron chi connectivity index (χ0n) is 8.62. The second kappa shape index (κ2) is 5.31. The minimum absolute atomic E-state index is 0.0678. The first-order chi connectivity index (χ1) is 7.04. The zero-order chi connectivity index (χ0) is 11.4. The van der Waals surface area contributed by atoms with E-state index in [0.717, 1.165) is 0 Å². The van der Waals surface area contributed by atoms with Gasteiger partial charge in [0.15, 0.2) is 10.3 Å². The summed E-state index contributed by atoms with van der Waals surface area (Å²) in [6.07, 6.45) is 0. The average molecular weight is 245 g/mol. The highest BCUT2D eigenvalue weighted by atomic mass is 35.5. The minimum atomic E-state index is 0.0678. The summed E-state index contributed by atoms with van der Waals surface area (Å²) < 4.78 is 0. The van der Waals surface area contributed by atoms with Gasteiger partial charge in [-0.3, -0.25) is 0 Å². The number of thiazole rings is 1. The lowest BCUT2D eigenvalue weighted by Crippen LogP contribution is -2.33. The van der Waals surface area contributed by atoms with E-state index >= 15 is 0 Å². The molecule has 1 atom stereocenters. The Balaban J connectivity index is 2.55. The molecule has 0 saturated heterocycles. The molecule has 0 saturated carbocycles. The van der Waals surface area contributed by atoms with Gasteiger partial charge in [0.1, 0.15) is 10.9 Å². The lowest BCUT2D eigenvalue weighted by Gasteiger charge is -2.15. The first-order valence-corrected chi connectivity index (χ1v) is 5.80. The number of hydrogen-bond acceptors (Lipinski definition) is 5. The molecule has 0 aliphatic rings. The molecule has 0 aromatic carbocycles. The standard InChI is InChI=1S/C9H13ClN4S/c1-5(2)6(12)4-13-9-14-8(10)7(3-11)15-9/h5-6H,4,12H2,1-2H3,(H,13,14). The fourth-order valence-corrected chi connectivity index (χ4v) is 1.84. The average Bonchev–Trinajstić information content (AvgIpc) is 2.55. The SMILES string of the molecule is CC(C)C(N)CNc1nc(Cl)c(C#N)s1. The number of nitrogens with two attached hydrogens (primary N) is 1. The van der Waals surface area contributed by atoms with Crippen LogP contribution in [0.3, 0.4) is 0 Å². The molecular weight excluding hydrogens is 232 g/mol. The van der Waals surface area contributed by atoms with Crippen LogP contribution < -0.4 is 11.1 Å². The molecule has 4 nitrogen and oxygen atoms in total. The Bertz CT molecular complexity index is 369. The number of nitrogens with one attached hydrogen (secondary N) is 1. The molecular formula is C9H13ClN4S. The molecule has 1 unspecified atom stereocenters. The van der Waals surface area contributed by atoms with Gasteiger partial charge in [0.25, 0.3) is 0 Å². The second-order valence-corrected chi connectivity index (χ2v) is 4.90. The molecule has 1 aromatic heterocycles. The summed E-state index contributed by atoms with van der Waals surface area (Å²) in [7, 11) is 0. The van der Waals surface area contributed by atoms with Gasteiger partial charge < -0.3 is 11.1 Å². The third kappa shape index (κ3) is 3.34. The van der Waals surface area contributed by atoms with Crippen molar-refractivity contribution >= 4 is 28.1 Å². The number of nitriles is 1. The Hall–Kier alpha value is -0.830. The Kier molecular flexibility index (Phi) is 4.33. The van der Waals surface area contributed by atoms with Gasteiger partial charge in [-0.15, -0.1) is 0 Å². The number of rotatable bonds is 4. The summed E-state index contributed by atoms with van der Waals surface area (Å²) in [4.78, 5) is 4.44. The van der Waals surface area contributed by atoms with Gasteiger partial charge in [0.05, 0.1) is 0 Å². The minimum Gasteiger partial charge on any atom is -0.360 e. The van der Waals surface area contributed by atoms with E-state index in [4.69, 9.17) is 22.6 Å². The van der Waals surface area contributed by atoms with Crippen molar-refractivity contribution in [2.24, 2.45) is 11.7 Å². The number of aromatic nitrogens is 1. The summed E-state index contributed by atoms with van der Waals surface area (Å²) >= 11 is 6.97. The normalized spacial score (nSPS) is 12.5. The summed E-state index contributed by atoms with van der Waals surface area (Å²) in [6, 6.07) is 2.05. The van der Waals surface area contributed by atoms with Gasteiger partial charge in [-0.2, -0.15) is 5.26 Å². The third-order valence-electron chi connectivity index (χ3n) is 2.03. The molecule has 1 rings (SSSR count). The molecule has 0 radical (unpaired) electrons. The van der Waals surface area contributed by atoms with Crippen LogP contribution in [-0.2, 0) is 0 Å². The topological polar surface area (TPSA) is 74.7 Å². The lowest BCUT2D eigenvalue weighted by atomic mass is 10.1. The molecule has 0 fully saturated rings. The van der Waals surface area contributed by atoms with Gasteiger partial charge in [-0.05, 0) is 5.92 Å². The Morgan fingerprint density at radius 2 is 2.33 bits per heavy atom. The summed E-state index contributed by atoms with van der Waals surface area (Å²) in [5.74, 6) is 0.406. The van der Waals surface area contributed by atoms with Crippen LogP contribution in [0.25, 0.3) is 0 Å². The van der Waals surface area contributed by atoms with Crippen molar-refractivity contribution in [1.29, 1.82) is 5.26 Å². The highest BCUT2D eigenvalue weighted by Crippen LogP contribution is 2.25. The lowest BCUT2D eigenvalue weighted by molar-refractivity contribution is 0.511. The quantitative estimate of drug-likeness (QED) is 0.850. The van der Waals surface area contributed by atoms with Crippen LogP contribution in [0.2, 0.25) is 5.15 Å². The maximum atomic E-state index is 8.68. The Morgan fingerprint density at radius 1 is 1.67 bits per heavy atom. The van der Waals surface area contributed by atoms with Crippen molar-refractivity contribution in [3.63, 3.8) is 0 Å². The molecule has 0 amide bonds. The van der Waals surface area contributed by atoms with Crippen LogP contribution in [0.4, 0.5) is 5.13 Å². The van der Waals surface area contributed by atoms with E-state index in [2.05, 4.69) is 24.1 Å². The van der Waals surface area contributed by atoms with Crippen molar-refractivity contribution in [3.8, 4) is 6.07 Å². The predicted octanol–water partition coefficient (Wildman–Crippen LogP) is 2.06. The molecule has 15 heavy (non-hydrogen) atoms. The first-order valence-electron chi connectivity index (χ1n) is 4.60. The van der Waals surface area contributed by atoms with Crippen molar-refractivity contribution in [2.45, 2.75) is 19.9 Å². The maximum absolute atomic E-state index is 8.68. The van der Waals surface area contributed by atoms with E-state index in [1.165, 1.54) is 11.3 Å². The molecule has 1 heterocycles. The van der Waals surface area contributed by atoms with Crippen LogP contribution in [0.15, 0.2) is 0 Å². The van der Waals surface area contributed by atoms with E-state index in [-0.39, 0.29) is 11.2 Å². The van der Waals surface area contributed by atoms with E-state index in [1.807, 2.05) is 6.07 Å². The van der Waals surface area contributed by atoms with E-state index in [0.29, 0.717) is 22.5 Å². The molecule has 3 N–H and O–H groups in total. The van der Waals surface area contributed by atoms with Crippen molar-refractivity contribution in [3.05, 3.63) is 10.0 Å². The number of anilines is 1. The van der Waals surface area contributed by atoms with E-state index < -0.39 is 0 Å². The van der Waals surface area contributed by atoms with Crippen LogP contribution in [0.1, 0.15) is 18.7 Å². The largest absolute Gasteiger partial charge is 0.360 e. The number of nitrogens with zero attached hydrogens (tertiary/aromatic N) is 2. The fourth-order valence-electron chi connectivity index (χ4n) is 0.887. The van der Waals surface area contributed by atoms with Crippen molar-refractivity contribution < 1.29 is 0 Å². The molecule has 0 bridgehead atoms.